The van der Waals surface area contributed by atoms with E-state index in [-0.39, 0.29) is 5.91 Å². The second kappa shape index (κ2) is 8.60. The number of aromatic amines is 1. The van der Waals surface area contributed by atoms with Crippen LogP contribution < -0.4 is 10.6 Å². The van der Waals surface area contributed by atoms with Crippen molar-refractivity contribution < 1.29 is 4.79 Å². The van der Waals surface area contributed by atoms with Crippen molar-refractivity contribution in [2.45, 2.75) is 19.3 Å². The van der Waals surface area contributed by atoms with Crippen molar-refractivity contribution in [1.29, 1.82) is 0 Å². The molecule has 0 bridgehead atoms. The Labute approximate surface area is 181 Å². The van der Waals surface area contributed by atoms with E-state index in [0.29, 0.717) is 30.3 Å². The Bertz CT molecular complexity index is 1200. The van der Waals surface area contributed by atoms with Crippen LogP contribution in [0.25, 0.3) is 22.2 Å². The lowest BCUT2D eigenvalue weighted by Gasteiger charge is -2.13. The van der Waals surface area contributed by atoms with Gasteiger partial charge in [0.05, 0.1) is 11.3 Å². The fourth-order valence-electron chi connectivity index (χ4n) is 3.66. The number of nitrogens with one attached hydrogen (secondary N) is 3. The van der Waals surface area contributed by atoms with Gasteiger partial charge in [0.1, 0.15) is 5.82 Å². The van der Waals surface area contributed by atoms with Crippen LogP contribution in [0.5, 0.6) is 0 Å². The minimum Gasteiger partial charge on any atom is -0.369 e. The number of carbonyl (C=O) groups is 1. The number of rotatable bonds is 8. The first-order valence-electron chi connectivity index (χ1n) is 10.8. The molecule has 0 aliphatic heterocycles. The van der Waals surface area contributed by atoms with Crippen LogP contribution in [0, 0.1) is 5.92 Å². The van der Waals surface area contributed by atoms with Gasteiger partial charge in [-0.2, -0.15) is 0 Å². The van der Waals surface area contributed by atoms with Crippen molar-refractivity contribution in [3.8, 4) is 11.3 Å². The third kappa shape index (κ3) is 4.58. The van der Waals surface area contributed by atoms with Gasteiger partial charge in [-0.25, -0.2) is 4.98 Å². The van der Waals surface area contributed by atoms with E-state index in [1.807, 2.05) is 36.5 Å². The highest BCUT2D eigenvalue weighted by Gasteiger charge is 2.22. The molecule has 1 aliphatic carbocycles. The highest BCUT2D eigenvalue weighted by molar-refractivity contribution is 5.99. The van der Waals surface area contributed by atoms with E-state index in [1.165, 1.54) is 12.8 Å². The lowest BCUT2D eigenvalue weighted by atomic mass is 10.1. The zero-order valence-electron chi connectivity index (χ0n) is 17.3. The summed E-state index contributed by atoms with van der Waals surface area (Å²) in [5.74, 6) is 1.21. The number of aromatic nitrogens is 3. The molecule has 6 nitrogen and oxygen atoms in total. The normalized spacial score (nSPS) is 13.3. The lowest BCUT2D eigenvalue weighted by Crippen LogP contribution is -2.27. The Balaban J connectivity index is 1.35. The highest BCUT2D eigenvalue weighted by Crippen LogP contribution is 2.30. The van der Waals surface area contributed by atoms with Crippen LogP contribution in [0.3, 0.4) is 0 Å². The predicted molar refractivity (Wildman–Crippen MR) is 123 cm³/mol. The van der Waals surface area contributed by atoms with E-state index in [1.54, 1.807) is 6.20 Å². The highest BCUT2D eigenvalue weighted by atomic mass is 16.1. The molecule has 1 saturated carbocycles. The zero-order chi connectivity index (χ0) is 21.0. The predicted octanol–water partition coefficient (Wildman–Crippen LogP) is 4.42. The summed E-state index contributed by atoms with van der Waals surface area (Å²) < 4.78 is 0. The second-order valence-corrected chi connectivity index (χ2v) is 8.02. The van der Waals surface area contributed by atoms with E-state index in [9.17, 15) is 4.79 Å². The van der Waals surface area contributed by atoms with Crippen molar-refractivity contribution in [2.75, 3.05) is 18.4 Å². The first kappa shape index (κ1) is 19.3. The molecule has 156 valence electrons. The molecule has 0 unspecified atom stereocenters. The first-order chi connectivity index (χ1) is 15.3. The standard InChI is InChI=1S/C25H25N5O/c31-25(28-14-11-20-3-1-2-12-26-20)21-7-9-23(30-24(21)29-16-17-4-5-17)18-6-8-22-19(15-18)10-13-27-22/h1-3,6-10,12-13,15,17,27H,4-5,11,14,16H2,(H,28,31)(H,29,30). The molecule has 0 saturated heterocycles. The maximum Gasteiger partial charge on any atom is 0.255 e. The van der Waals surface area contributed by atoms with Crippen LogP contribution in [-0.2, 0) is 6.42 Å². The van der Waals surface area contributed by atoms with Crippen LogP contribution in [0.4, 0.5) is 5.82 Å². The van der Waals surface area contributed by atoms with Gasteiger partial charge in [-0.05, 0) is 61.2 Å². The summed E-state index contributed by atoms with van der Waals surface area (Å²) in [6.07, 6.45) is 6.87. The zero-order valence-corrected chi connectivity index (χ0v) is 17.3. The molecule has 3 N–H and O–H groups in total. The van der Waals surface area contributed by atoms with Crippen molar-refractivity contribution in [2.24, 2.45) is 5.92 Å². The van der Waals surface area contributed by atoms with Gasteiger partial charge in [-0.15, -0.1) is 0 Å². The van der Waals surface area contributed by atoms with Gasteiger partial charge < -0.3 is 15.6 Å². The molecule has 6 heteroatoms. The number of nitrogens with zero attached hydrogens (tertiary/aromatic N) is 2. The summed E-state index contributed by atoms with van der Waals surface area (Å²) in [4.78, 5) is 25.2. The molecule has 1 amide bonds. The van der Waals surface area contributed by atoms with Crippen molar-refractivity contribution in [3.05, 3.63) is 78.2 Å². The third-order valence-corrected chi connectivity index (χ3v) is 5.64. The summed E-state index contributed by atoms with van der Waals surface area (Å²) in [6.45, 7) is 1.38. The average Bonchev–Trinajstić information content (AvgIpc) is 3.52. The van der Waals surface area contributed by atoms with E-state index in [4.69, 9.17) is 4.98 Å². The molecule has 5 rings (SSSR count). The molecule has 1 aromatic carbocycles. The fourth-order valence-corrected chi connectivity index (χ4v) is 3.66. The molecule has 4 aromatic rings. The third-order valence-electron chi connectivity index (χ3n) is 5.64. The molecule has 31 heavy (non-hydrogen) atoms. The van der Waals surface area contributed by atoms with Gasteiger partial charge in [0.25, 0.3) is 5.91 Å². The number of anilines is 1. The summed E-state index contributed by atoms with van der Waals surface area (Å²) in [6, 6.07) is 17.9. The van der Waals surface area contributed by atoms with Gasteiger partial charge in [0.2, 0.25) is 0 Å². The largest absolute Gasteiger partial charge is 0.369 e. The van der Waals surface area contributed by atoms with Gasteiger partial charge in [0.15, 0.2) is 0 Å². The Hall–Kier alpha value is -3.67. The summed E-state index contributed by atoms with van der Waals surface area (Å²) in [5, 5.41) is 7.57. The molecule has 0 radical (unpaired) electrons. The van der Waals surface area contributed by atoms with E-state index < -0.39 is 0 Å². The number of pyridine rings is 2. The number of fused-ring (bicyclic) bond motifs is 1. The maximum atomic E-state index is 12.9. The van der Waals surface area contributed by atoms with Gasteiger partial charge in [-0.3, -0.25) is 9.78 Å². The number of benzene rings is 1. The molecular weight excluding hydrogens is 386 g/mol. The van der Waals surface area contributed by atoms with Gasteiger partial charge >= 0.3 is 0 Å². The summed E-state index contributed by atoms with van der Waals surface area (Å²) in [7, 11) is 0. The van der Waals surface area contributed by atoms with Crippen molar-refractivity contribution in [1.82, 2.24) is 20.3 Å². The SMILES string of the molecule is O=C(NCCc1ccccn1)c1ccc(-c2ccc3[nH]ccc3c2)nc1NCC1CC1. The Kier molecular flexibility index (Phi) is 5.35. The number of hydrogen-bond acceptors (Lipinski definition) is 4. The van der Waals surface area contributed by atoms with E-state index in [0.717, 1.165) is 34.4 Å². The molecule has 3 aromatic heterocycles. The number of H-pyrrole nitrogens is 1. The van der Waals surface area contributed by atoms with Crippen LogP contribution in [0.1, 0.15) is 28.9 Å². The van der Waals surface area contributed by atoms with Gasteiger partial charge in [0, 0.05) is 54.1 Å². The van der Waals surface area contributed by atoms with Crippen molar-refractivity contribution in [3.63, 3.8) is 0 Å². The minimum absolute atomic E-state index is 0.116. The maximum absolute atomic E-state index is 12.9. The second-order valence-electron chi connectivity index (χ2n) is 8.02. The molecule has 0 atom stereocenters. The lowest BCUT2D eigenvalue weighted by molar-refractivity contribution is 0.0954. The fraction of sp³-hybridized carbons (Fsp3) is 0.240. The Morgan fingerprint density at radius 3 is 2.87 bits per heavy atom. The molecule has 3 heterocycles. The quantitative estimate of drug-likeness (QED) is 0.401. The molecule has 1 aliphatic rings. The van der Waals surface area contributed by atoms with Crippen LogP contribution in [0.15, 0.2) is 67.0 Å². The molecular formula is C25H25N5O. The average molecular weight is 412 g/mol. The van der Waals surface area contributed by atoms with Crippen LogP contribution >= 0.6 is 0 Å². The number of hydrogen-bond donors (Lipinski definition) is 3. The van der Waals surface area contributed by atoms with Crippen molar-refractivity contribution >= 4 is 22.6 Å². The van der Waals surface area contributed by atoms with Gasteiger partial charge in [-0.1, -0.05) is 12.1 Å². The molecule has 0 spiro atoms. The summed E-state index contributed by atoms with van der Waals surface area (Å²) >= 11 is 0. The first-order valence-corrected chi connectivity index (χ1v) is 10.8. The minimum atomic E-state index is -0.116. The molecule has 1 fully saturated rings. The monoisotopic (exact) mass is 411 g/mol. The van der Waals surface area contributed by atoms with E-state index in [2.05, 4.69) is 44.9 Å². The van der Waals surface area contributed by atoms with Crippen LogP contribution in [-0.4, -0.2) is 33.9 Å². The Morgan fingerprint density at radius 1 is 1.10 bits per heavy atom. The number of carbonyl (C=O) groups excluding carboxylic acids is 1. The number of amides is 1. The smallest absolute Gasteiger partial charge is 0.255 e. The summed E-state index contributed by atoms with van der Waals surface area (Å²) in [5.41, 5.74) is 4.52. The van der Waals surface area contributed by atoms with E-state index >= 15 is 0 Å². The Morgan fingerprint density at radius 2 is 2.03 bits per heavy atom. The van der Waals surface area contributed by atoms with Crippen LogP contribution in [0.2, 0.25) is 0 Å². The topological polar surface area (TPSA) is 82.7 Å².